The Hall–Kier alpha value is -4.64. The van der Waals surface area contributed by atoms with Gasteiger partial charge < -0.3 is 20.1 Å². The van der Waals surface area contributed by atoms with Crippen LogP contribution in [0.1, 0.15) is 40.4 Å². The molecule has 2 N–H and O–H groups in total. The van der Waals surface area contributed by atoms with Gasteiger partial charge in [-0.05, 0) is 71.8 Å². The molecule has 0 saturated carbocycles. The van der Waals surface area contributed by atoms with Crippen LogP contribution < -0.4 is 15.0 Å². The highest BCUT2D eigenvalue weighted by Gasteiger charge is 2.39. The van der Waals surface area contributed by atoms with Crippen LogP contribution in [0.15, 0.2) is 82.9 Å². The minimum absolute atomic E-state index is 0.0811. The minimum atomic E-state index is -1.05. The summed E-state index contributed by atoms with van der Waals surface area (Å²) in [5, 5.41) is 18.2. The first-order valence-corrected chi connectivity index (χ1v) is 13.8. The molecule has 3 aromatic carbocycles. The summed E-state index contributed by atoms with van der Waals surface area (Å²) in [7, 11) is 5.59. The van der Waals surface area contributed by atoms with E-state index in [2.05, 4.69) is 22.4 Å². The van der Waals surface area contributed by atoms with E-state index in [-0.39, 0.29) is 23.9 Å². The molecule has 0 spiro atoms. The molecule has 0 fully saturated rings. The monoisotopic (exact) mass is 571 g/mol. The van der Waals surface area contributed by atoms with Gasteiger partial charge in [-0.15, -0.1) is 0 Å². The van der Waals surface area contributed by atoms with Gasteiger partial charge in [-0.1, -0.05) is 23.9 Å². The van der Waals surface area contributed by atoms with Crippen molar-refractivity contribution in [3.63, 3.8) is 0 Å². The van der Waals surface area contributed by atoms with Crippen LogP contribution in [0.25, 0.3) is 0 Å². The summed E-state index contributed by atoms with van der Waals surface area (Å²) in [6, 6.07) is 21.6. The van der Waals surface area contributed by atoms with E-state index in [0.29, 0.717) is 17.3 Å². The number of amides is 2. The smallest absolute Gasteiger partial charge is 0.335 e. The largest absolute Gasteiger partial charge is 0.497 e. The van der Waals surface area contributed by atoms with Crippen LogP contribution in [0, 0.1) is 0 Å². The number of anilines is 2. The molecular formula is C30H29N5O5S. The second kappa shape index (κ2) is 11.8. The van der Waals surface area contributed by atoms with Gasteiger partial charge >= 0.3 is 5.97 Å². The number of ether oxygens (including phenoxy) is 1. The van der Waals surface area contributed by atoms with E-state index in [4.69, 9.17) is 14.9 Å². The molecule has 0 aliphatic carbocycles. The van der Waals surface area contributed by atoms with Gasteiger partial charge in [-0.25, -0.2) is 9.80 Å². The lowest BCUT2D eigenvalue weighted by Gasteiger charge is -2.24. The van der Waals surface area contributed by atoms with Gasteiger partial charge in [-0.2, -0.15) is 10.1 Å². The number of thioether (sulfide) groups is 1. The zero-order chi connectivity index (χ0) is 29.1. The highest BCUT2D eigenvalue weighted by atomic mass is 32.2. The second-order valence-electron chi connectivity index (χ2n) is 9.80. The zero-order valence-corrected chi connectivity index (χ0v) is 23.6. The molecule has 210 valence electrons. The van der Waals surface area contributed by atoms with Crippen molar-refractivity contribution in [2.75, 3.05) is 31.4 Å². The predicted molar refractivity (Wildman–Crippen MR) is 160 cm³/mol. The molecule has 11 heteroatoms. The number of carbonyl (C=O) groups is 3. The Morgan fingerprint density at radius 2 is 1.73 bits per heavy atom. The van der Waals surface area contributed by atoms with E-state index in [1.807, 2.05) is 55.4 Å². The Labute approximate surface area is 241 Å². The summed E-state index contributed by atoms with van der Waals surface area (Å²) < 4.78 is 5.29. The molecule has 2 heterocycles. The first-order chi connectivity index (χ1) is 19.7. The van der Waals surface area contributed by atoms with Crippen molar-refractivity contribution >= 4 is 51.8 Å². The maximum Gasteiger partial charge on any atom is 0.335 e. The fraction of sp³-hybridized carbons (Fsp3) is 0.233. The number of rotatable bonds is 8. The van der Waals surface area contributed by atoms with Crippen molar-refractivity contribution in [3.8, 4) is 5.75 Å². The number of hydrazone groups is 1. The van der Waals surface area contributed by atoms with Crippen molar-refractivity contribution in [1.82, 2.24) is 5.01 Å². The van der Waals surface area contributed by atoms with Gasteiger partial charge in [0.15, 0.2) is 5.17 Å². The number of hydrogen-bond donors (Lipinski definition) is 2. The molecule has 2 amide bonds. The SMILES string of the molecule is COc1ccc(C2=NN(C3=NC(=O)C(CC(=O)Nc4ccc(C(=O)O)cc4)S3)C(c3ccc(N(C)C)cc3)C2)cc1. The standard InChI is InChI=1S/C30H29N5O5S/c1-34(2)22-12-6-19(7-13-22)25-16-24(18-8-14-23(40-3)15-9-18)33-35(25)30-32-28(37)26(41-30)17-27(36)31-21-10-4-20(5-11-21)29(38)39/h4-15,25-26H,16-17H2,1-3H3,(H,31,36)(H,38,39). The van der Waals surface area contributed by atoms with Crippen LogP contribution in [0.4, 0.5) is 11.4 Å². The molecule has 10 nitrogen and oxygen atoms in total. The van der Waals surface area contributed by atoms with Crippen molar-refractivity contribution in [2.45, 2.75) is 24.1 Å². The predicted octanol–water partition coefficient (Wildman–Crippen LogP) is 4.64. The van der Waals surface area contributed by atoms with Crippen LogP contribution in [-0.4, -0.2) is 65.2 Å². The Kier molecular flexibility index (Phi) is 8.06. The lowest BCUT2D eigenvalue weighted by atomic mass is 9.98. The molecule has 41 heavy (non-hydrogen) atoms. The fourth-order valence-electron chi connectivity index (χ4n) is 4.58. The highest BCUT2D eigenvalue weighted by molar-refractivity contribution is 8.15. The molecule has 2 aliphatic rings. The van der Waals surface area contributed by atoms with Gasteiger partial charge in [0.2, 0.25) is 5.91 Å². The Morgan fingerprint density at radius 3 is 2.34 bits per heavy atom. The molecule has 2 aliphatic heterocycles. The van der Waals surface area contributed by atoms with E-state index < -0.39 is 17.1 Å². The van der Waals surface area contributed by atoms with E-state index in [1.165, 1.54) is 36.0 Å². The second-order valence-corrected chi connectivity index (χ2v) is 11.0. The summed E-state index contributed by atoms with van der Waals surface area (Å²) in [5.41, 5.74) is 4.48. The third-order valence-corrected chi connectivity index (χ3v) is 7.98. The number of carboxylic acids is 1. The summed E-state index contributed by atoms with van der Waals surface area (Å²) >= 11 is 1.22. The number of aliphatic imine (C=N–C) groups is 1. The maximum atomic E-state index is 12.9. The third-order valence-electron chi connectivity index (χ3n) is 6.84. The van der Waals surface area contributed by atoms with Gasteiger partial charge in [0.25, 0.3) is 5.91 Å². The van der Waals surface area contributed by atoms with Crippen LogP contribution in [-0.2, 0) is 9.59 Å². The van der Waals surface area contributed by atoms with Crippen molar-refractivity contribution < 1.29 is 24.2 Å². The first-order valence-electron chi connectivity index (χ1n) is 12.9. The first kappa shape index (κ1) is 27.9. The van der Waals surface area contributed by atoms with Crippen molar-refractivity contribution in [2.24, 2.45) is 10.1 Å². The van der Waals surface area contributed by atoms with E-state index in [1.54, 1.807) is 12.1 Å². The lowest BCUT2D eigenvalue weighted by Crippen LogP contribution is -2.25. The lowest BCUT2D eigenvalue weighted by molar-refractivity contribution is -0.121. The minimum Gasteiger partial charge on any atom is -0.497 e. The zero-order valence-electron chi connectivity index (χ0n) is 22.8. The number of methoxy groups -OCH3 is 1. The molecular weight excluding hydrogens is 542 g/mol. The Morgan fingerprint density at radius 1 is 1.05 bits per heavy atom. The number of aromatic carboxylic acids is 1. The summed E-state index contributed by atoms with van der Waals surface area (Å²) in [6.45, 7) is 0. The summed E-state index contributed by atoms with van der Waals surface area (Å²) in [6.07, 6.45) is 0.529. The normalized spacial score (nSPS) is 18.1. The molecule has 0 bridgehead atoms. The molecule has 0 aromatic heterocycles. The number of carboxylic acid groups (broad SMARTS) is 1. The summed E-state index contributed by atoms with van der Waals surface area (Å²) in [4.78, 5) is 43.0. The molecule has 0 saturated heterocycles. The number of amidine groups is 1. The number of nitrogens with zero attached hydrogens (tertiary/aromatic N) is 4. The molecule has 3 aromatic rings. The summed E-state index contributed by atoms with van der Waals surface area (Å²) in [5.74, 6) is -1.06. The highest BCUT2D eigenvalue weighted by Crippen LogP contribution is 2.39. The van der Waals surface area contributed by atoms with Gasteiger partial charge in [0.1, 0.15) is 11.0 Å². The van der Waals surface area contributed by atoms with Crippen LogP contribution in [0.3, 0.4) is 0 Å². The third kappa shape index (κ3) is 6.25. The van der Waals surface area contributed by atoms with Crippen LogP contribution in [0.5, 0.6) is 5.75 Å². The molecule has 2 atom stereocenters. The van der Waals surface area contributed by atoms with Gasteiger partial charge in [0, 0.05) is 38.3 Å². The quantitative estimate of drug-likeness (QED) is 0.401. The van der Waals surface area contributed by atoms with Gasteiger partial charge in [-0.3, -0.25) is 9.59 Å². The topological polar surface area (TPSA) is 124 Å². The number of carbonyl (C=O) groups excluding carboxylic acids is 2. The Balaban J connectivity index is 1.33. The number of hydrogen-bond acceptors (Lipinski definition) is 8. The van der Waals surface area contributed by atoms with E-state index >= 15 is 0 Å². The number of benzene rings is 3. The molecule has 2 unspecified atom stereocenters. The Bertz CT molecular complexity index is 1520. The molecule has 5 rings (SSSR count). The fourth-order valence-corrected chi connectivity index (χ4v) is 5.64. The average Bonchev–Trinajstić information content (AvgIpc) is 3.57. The van der Waals surface area contributed by atoms with E-state index in [0.717, 1.165) is 28.3 Å². The van der Waals surface area contributed by atoms with Gasteiger partial charge in [0.05, 0.1) is 24.4 Å². The maximum absolute atomic E-state index is 12.9. The number of nitrogens with one attached hydrogen (secondary N) is 1. The van der Waals surface area contributed by atoms with Crippen molar-refractivity contribution in [3.05, 3.63) is 89.5 Å². The van der Waals surface area contributed by atoms with Crippen molar-refractivity contribution in [1.29, 1.82) is 0 Å². The van der Waals surface area contributed by atoms with E-state index in [9.17, 15) is 14.4 Å². The van der Waals surface area contributed by atoms with Crippen LogP contribution in [0.2, 0.25) is 0 Å². The molecule has 0 radical (unpaired) electrons. The van der Waals surface area contributed by atoms with Crippen LogP contribution >= 0.6 is 11.8 Å². The average molecular weight is 572 g/mol.